The van der Waals surface area contributed by atoms with Crippen molar-refractivity contribution in [2.75, 3.05) is 18.0 Å². The van der Waals surface area contributed by atoms with E-state index in [1.807, 2.05) is 6.07 Å². The highest BCUT2D eigenvalue weighted by Crippen LogP contribution is 2.30. The Bertz CT molecular complexity index is 779. The first-order valence-corrected chi connectivity index (χ1v) is 8.49. The molecule has 1 saturated heterocycles. The number of carbonyl (C=O) groups is 2. The van der Waals surface area contributed by atoms with Gasteiger partial charge in [0.15, 0.2) is 0 Å². The zero-order chi connectivity index (χ0) is 17.8. The van der Waals surface area contributed by atoms with E-state index in [2.05, 4.69) is 5.32 Å². The Morgan fingerprint density at radius 1 is 1.20 bits per heavy atom. The van der Waals surface area contributed by atoms with E-state index < -0.39 is 5.92 Å². The summed E-state index contributed by atoms with van der Waals surface area (Å²) in [7, 11) is 0. The van der Waals surface area contributed by atoms with Crippen LogP contribution < -0.4 is 10.2 Å². The molecule has 0 spiro atoms. The largest absolute Gasteiger partial charge is 0.355 e. The minimum Gasteiger partial charge on any atom is -0.355 e. The molecule has 1 N–H and O–H groups in total. The number of halogens is 2. The van der Waals surface area contributed by atoms with Gasteiger partial charge < -0.3 is 10.2 Å². The molecule has 2 amide bonds. The van der Waals surface area contributed by atoms with Crippen molar-refractivity contribution in [1.29, 1.82) is 0 Å². The molecule has 3 rings (SSSR count). The molecular weight excluding hydrogens is 343 g/mol. The lowest BCUT2D eigenvalue weighted by Gasteiger charge is -2.18. The number of anilines is 1. The molecule has 0 aliphatic carbocycles. The first kappa shape index (κ1) is 17.4. The second kappa shape index (κ2) is 7.66. The summed E-state index contributed by atoms with van der Waals surface area (Å²) in [6.07, 6.45) is 0.786. The Hall–Kier alpha value is -2.40. The summed E-state index contributed by atoms with van der Waals surface area (Å²) in [6, 6.07) is 13.3. The van der Waals surface area contributed by atoms with E-state index in [-0.39, 0.29) is 24.1 Å². The average Bonchev–Trinajstić information content (AvgIpc) is 2.99. The molecule has 1 aliphatic heterocycles. The number of para-hydroxylation sites is 1. The van der Waals surface area contributed by atoms with Gasteiger partial charge in [-0.3, -0.25) is 9.59 Å². The molecule has 1 fully saturated rings. The number of hydrogen-bond acceptors (Lipinski definition) is 2. The highest BCUT2D eigenvalue weighted by molar-refractivity contribution is 6.33. The number of hydrogen-bond donors (Lipinski definition) is 1. The van der Waals surface area contributed by atoms with Crippen LogP contribution in [0.25, 0.3) is 0 Å². The van der Waals surface area contributed by atoms with Crippen LogP contribution in [0, 0.1) is 11.7 Å². The van der Waals surface area contributed by atoms with E-state index in [1.54, 1.807) is 35.2 Å². The fraction of sp³-hybridized carbons (Fsp3) is 0.263. The van der Waals surface area contributed by atoms with Crippen LogP contribution in [-0.4, -0.2) is 24.9 Å². The molecule has 1 heterocycles. The second-order valence-corrected chi connectivity index (χ2v) is 6.43. The van der Waals surface area contributed by atoms with Crippen LogP contribution in [0.3, 0.4) is 0 Å². The summed E-state index contributed by atoms with van der Waals surface area (Å²) >= 11 is 6.14. The van der Waals surface area contributed by atoms with Crippen molar-refractivity contribution in [2.24, 2.45) is 5.92 Å². The van der Waals surface area contributed by atoms with Crippen LogP contribution in [0.4, 0.5) is 10.1 Å². The zero-order valence-corrected chi connectivity index (χ0v) is 14.3. The molecule has 2 aromatic carbocycles. The van der Waals surface area contributed by atoms with Crippen molar-refractivity contribution in [1.82, 2.24) is 5.32 Å². The molecule has 4 nitrogen and oxygen atoms in total. The maximum atomic E-state index is 12.9. The summed E-state index contributed by atoms with van der Waals surface area (Å²) < 4.78 is 12.9. The molecule has 0 bridgehead atoms. The van der Waals surface area contributed by atoms with Gasteiger partial charge in [0.1, 0.15) is 5.82 Å². The Morgan fingerprint density at radius 2 is 1.92 bits per heavy atom. The molecule has 1 atom stereocenters. The predicted octanol–water partition coefficient (Wildman–Crippen LogP) is 3.19. The SMILES string of the molecule is O=C(NCCc1ccc(F)cc1)C1CC(=O)N(c2ccccc2Cl)C1. The van der Waals surface area contributed by atoms with Crippen molar-refractivity contribution in [2.45, 2.75) is 12.8 Å². The summed E-state index contributed by atoms with van der Waals surface area (Å²) in [5.41, 5.74) is 1.58. The van der Waals surface area contributed by atoms with Crippen LogP contribution >= 0.6 is 11.6 Å². The highest BCUT2D eigenvalue weighted by Gasteiger charge is 2.35. The van der Waals surface area contributed by atoms with E-state index in [1.165, 1.54) is 12.1 Å². The number of rotatable bonds is 5. The van der Waals surface area contributed by atoms with Crippen LogP contribution in [0.15, 0.2) is 48.5 Å². The summed E-state index contributed by atoms with van der Waals surface area (Å²) in [6.45, 7) is 0.770. The fourth-order valence-electron chi connectivity index (χ4n) is 2.91. The van der Waals surface area contributed by atoms with Gasteiger partial charge in [-0.25, -0.2) is 4.39 Å². The summed E-state index contributed by atoms with van der Waals surface area (Å²) in [5.74, 6) is -0.925. The van der Waals surface area contributed by atoms with Gasteiger partial charge in [0, 0.05) is 19.5 Å². The van der Waals surface area contributed by atoms with Gasteiger partial charge in [-0.2, -0.15) is 0 Å². The van der Waals surface area contributed by atoms with E-state index in [0.717, 1.165) is 5.56 Å². The molecule has 130 valence electrons. The highest BCUT2D eigenvalue weighted by atomic mass is 35.5. The van der Waals surface area contributed by atoms with Gasteiger partial charge in [0.2, 0.25) is 11.8 Å². The average molecular weight is 361 g/mol. The third kappa shape index (κ3) is 4.17. The van der Waals surface area contributed by atoms with E-state index in [9.17, 15) is 14.0 Å². The Labute approximate surface area is 150 Å². The first-order valence-electron chi connectivity index (χ1n) is 8.11. The molecular formula is C19H18ClFN2O2. The number of carbonyl (C=O) groups excluding carboxylic acids is 2. The van der Waals surface area contributed by atoms with Gasteiger partial charge in [0.25, 0.3) is 0 Å². The van der Waals surface area contributed by atoms with Crippen LogP contribution in [0.1, 0.15) is 12.0 Å². The maximum Gasteiger partial charge on any atom is 0.227 e. The normalized spacial score (nSPS) is 17.0. The molecule has 0 radical (unpaired) electrons. The smallest absolute Gasteiger partial charge is 0.227 e. The van der Waals surface area contributed by atoms with E-state index in [0.29, 0.717) is 30.2 Å². The van der Waals surface area contributed by atoms with Crippen molar-refractivity contribution in [3.05, 3.63) is 64.9 Å². The van der Waals surface area contributed by atoms with Gasteiger partial charge in [-0.1, -0.05) is 35.9 Å². The number of nitrogens with zero attached hydrogens (tertiary/aromatic N) is 1. The molecule has 2 aromatic rings. The third-order valence-corrected chi connectivity index (χ3v) is 4.58. The standard InChI is InChI=1S/C19H18ClFN2O2/c20-16-3-1-2-4-17(16)23-12-14(11-18(23)24)19(25)22-10-9-13-5-7-15(21)8-6-13/h1-8,14H,9-12H2,(H,22,25). The topological polar surface area (TPSA) is 49.4 Å². The van der Waals surface area contributed by atoms with Gasteiger partial charge in [0.05, 0.1) is 16.6 Å². The van der Waals surface area contributed by atoms with Crippen molar-refractivity contribution in [3.8, 4) is 0 Å². The van der Waals surface area contributed by atoms with Gasteiger partial charge >= 0.3 is 0 Å². The predicted molar refractivity (Wildman–Crippen MR) is 95.0 cm³/mol. The summed E-state index contributed by atoms with van der Waals surface area (Å²) in [5, 5.41) is 3.34. The first-order chi connectivity index (χ1) is 12.0. The molecule has 0 aromatic heterocycles. The lowest BCUT2D eigenvalue weighted by molar-refractivity contribution is -0.126. The minimum atomic E-state index is -0.392. The number of benzene rings is 2. The molecule has 0 saturated carbocycles. The zero-order valence-electron chi connectivity index (χ0n) is 13.5. The number of amides is 2. The van der Waals surface area contributed by atoms with Crippen molar-refractivity contribution < 1.29 is 14.0 Å². The lowest BCUT2D eigenvalue weighted by atomic mass is 10.1. The third-order valence-electron chi connectivity index (χ3n) is 4.27. The van der Waals surface area contributed by atoms with E-state index >= 15 is 0 Å². The number of nitrogens with one attached hydrogen (secondary N) is 1. The Kier molecular flexibility index (Phi) is 5.34. The second-order valence-electron chi connectivity index (χ2n) is 6.02. The van der Waals surface area contributed by atoms with Gasteiger partial charge in [-0.15, -0.1) is 0 Å². The maximum absolute atomic E-state index is 12.9. The minimum absolute atomic E-state index is 0.105. The Morgan fingerprint density at radius 3 is 2.64 bits per heavy atom. The van der Waals surface area contributed by atoms with Crippen LogP contribution in [0.2, 0.25) is 5.02 Å². The molecule has 25 heavy (non-hydrogen) atoms. The van der Waals surface area contributed by atoms with Crippen LogP contribution in [0.5, 0.6) is 0 Å². The van der Waals surface area contributed by atoms with Crippen LogP contribution in [-0.2, 0) is 16.0 Å². The van der Waals surface area contributed by atoms with Crippen molar-refractivity contribution >= 4 is 29.1 Å². The van der Waals surface area contributed by atoms with Crippen molar-refractivity contribution in [3.63, 3.8) is 0 Å². The lowest BCUT2D eigenvalue weighted by Crippen LogP contribution is -2.34. The molecule has 1 aliphatic rings. The van der Waals surface area contributed by atoms with E-state index in [4.69, 9.17) is 11.6 Å². The molecule has 6 heteroatoms. The molecule has 1 unspecified atom stereocenters. The fourth-order valence-corrected chi connectivity index (χ4v) is 3.15. The Balaban J connectivity index is 1.54. The summed E-state index contributed by atoms with van der Waals surface area (Å²) in [4.78, 5) is 26.1. The van der Waals surface area contributed by atoms with Gasteiger partial charge in [-0.05, 0) is 36.2 Å². The quantitative estimate of drug-likeness (QED) is 0.890. The monoisotopic (exact) mass is 360 g/mol.